The summed E-state index contributed by atoms with van der Waals surface area (Å²) in [6, 6.07) is 5.16. The lowest BCUT2D eigenvalue weighted by atomic mass is 9.98. The van der Waals surface area contributed by atoms with E-state index in [0.717, 1.165) is 37.4 Å². The Bertz CT molecular complexity index is 786. The average molecular weight is 339 g/mol. The number of nitrogens with zero attached hydrogens (tertiary/aromatic N) is 2. The van der Waals surface area contributed by atoms with Crippen LogP contribution in [0.2, 0.25) is 0 Å². The van der Waals surface area contributed by atoms with Gasteiger partial charge in [-0.25, -0.2) is 0 Å². The minimum absolute atomic E-state index is 0.276. The van der Waals surface area contributed by atoms with Crippen LogP contribution in [0.5, 0.6) is 0 Å². The van der Waals surface area contributed by atoms with E-state index < -0.39 is 0 Å². The molecule has 0 aromatic heterocycles. The van der Waals surface area contributed by atoms with Crippen LogP contribution in [-0.2, 0) is 4.74 Å². The topological polar surface area (TPSA) is 104 Å². The predicted octanol–water partition coefficient (Wildman–Crippen LogP) is 2.27. The zero-order chi connectivity index (χ0) is 17.4. The molecule has 2 saturated heterocycles. The lowest BCUT2D eigenvalue weighted by Crippen LogP contribution is -2.38. The molecule has 4 rings (SSSR count). The smallest absolute Gasteiger partial charge is 0.108 e. The van der Waals surface area contributed by atoms with Gasteiger partial charge >= 0.3 is 0 Å². The number of anilines is 1. The van der Waals surface area contributed by atoms with Crippen LogP contribution in [0.15, 0.2) is 46.9 Å². The van der Waals surface area contributed by atoms with Gasteiger partial charge in [-0.2, -0.15) is 0 Å². The number of nitrogen functional groups attached to an aromatic ring is 1. The second kappa shape index (κ2) is 6.33. The van der Waals surface area contributed by atoms with E-state index in [9.17, 15) is 4.91 Å². The Morgan fingerprint density at radius 3 is 3.12 bits per heavy atom. The Morgan fingerprint density at radius 1 is 1.40 bits per heavy atom. The third kappa shape index (κ3) is 2.80. The van der Waals surface area contributed by atoms with Crippen LogP contribution in [-0.4, -0.2) is 42.5 Å². The van der Waals surface area contributed by atoms with Crippen LogP contribution in [0.1, 0.15) is 18.4 Å². The molecule has 0 bridgehead atoms. The van der Waals surface area contributed by atoms with E-state index >= 15 is 0 Å². The molecule has 0 amide bonds. The zero-order valence-corrected chi connectivity index (χ0v) is 13.9. The highest BCUT2D eigenvalue weighted by Crippen LogP contribution is 2.32. The monoisotopic (exact) mass is 339 g/mol. The van der Waals surface area contributed by atoms with Gasteiger partial charge < -0.3 is 20.7 Å². The van der Waals surface area contributed by atoms with Crippen molar-refractivity contribution in [2.45, 2.75) is 25.0 Å². The van der Waals surface area contributed by atoms with E-state index in [4.69, 9.17) is 15.9 Å². The van der Waals surface area contributed by atoms with Crippen molar-refractivity contribution in [2.75, 3.05) is 25.4 Å². The fourth-order valence-electron chi connectivity index (χ4n) is 3.86. The highest BCUT2D eigenvalue weighted by atomic mass is 16.5. The van der Waals surface area contributed by atoms with Crippen LogP contribution in [0, 0.1) is 10.3 Å². The number of fused-ring (bicyclic) bond motifs is 1. The van der Waals surface area contributed by atoms with Crippen LogP contribution >= 0.6 is 0 Å². The normalized spacial score (nSPS) is 25.0. The third-order valence-electron chi connectivity index (χ3n) is 5.14. The van der Waals surface area contributed by atoms with Crippen molar-refractivity contribution < 1.29 is 4.74 Å². The third-order valence-corrected chi connectivity index (χ3v) is 5.14. The van der Waals surface area contributed by atoms with E-state index in [1.807, 2.05) is 12.2 Å². The van der Waals surface area contributed by atoms with Crippen molar-refractivity contribution in [1.29, 1.82) is 5.41 Å². The Morgan fingerprint density at radius 2 is 2.28 bits per heavy atom. The van der Waals surface area contributed by atoms with Crippen LogP contribution in [0.4, 0.5) is 11.4 Å². The fraction of sp³-hybridized carbons (Fsp3) is 0.389. The van der Waals surface area contributed by atoms with Gasteiger partial charge in [-0.1, -0.05) is 6.08 Å². The van der Waals surface area contributed by atoms with Gasteiger partial charge in [0.1, 0.15) is 11.5 Å². The van der Waals surface area contributed by atoms with Crippen LogP contribution < -0.4 is 11.1 Å². The number of likely N-dealkylation sites (tertiary alicyclic amines) is 1. The molecular formula is C18H21N5O2. The number of rotatable bonds is 4. The van der Waals surface area contributed by atoms with Gasteiger partial charge in [-0.15, -0.1) is 4.91 Å². The van der Waals surface area contributed by atoms with Crippen LogP contribution in [0.25, 0.3) is 0 Å². The maximum Gasteiger partial charge on any atom is 0.108 e. The predicted molar refractivity (Wildman–Crippen MR) is 96.8 cm³/mol. The molecule has 25 heavy (non-hydrogen) atoms. The molecule has 0 aliphatic carbocycles. The van der Waals surface area contributed by atoms with E-state index in [1.54, 1.807) is 18.2 Å². The number of hydrogen-bond acceptors (Lipinski definition) is 7. The SMILES string of the molecule is N=C(C1=CCNC(N2CCC3OCCC32)=C1)c1cc(N=O)ccc1N. The molecule has 2 unspecified atom stereocenters. The molecule has 3 heterocycles. The summed E-state index contributed by atoms with van der Waals surface area (Å²) in [5, 5.41) is 14.9. The number of benzene rings is 1. The highest BCUT2D eigenvalue weighted by molar-refractivity contribution is 6.15. The molecule has 3 aliphatic heterocycles. The van der Waals surface area contributed by atoms with Gasteiger partial charge in [-0.05, 0) is 42.3 Å². The average Bonchev–Trinajstić information content (AvgIpc) is 3.25. The van der Waals surface area contributed by atoms with Gasteiger partial charge in [-0.3, -0.25) is 5.41 Å². The molecule has 2 fully saturated rings. The lowest BCUT2D eigenvalue weighted by Gasteiger charge is -2.30. The molecule has 4 N–H and O–H groups in total. The number of hydrogen-bond donors (Lipinski definition) is 3. The van der Waals surface area contributed by atoms with Crippen molar-refractivity contribution in [1.82, 2.24) is 10.2 Å². The number of nitrogens with one attached hydrogen (secondary N) is 2. The lowest BCUT2D eigenvalue weighted by molar-refractivity contribution is 0.107. The van der Waals surface area contributed by atoms with Gasteiger partial charge in [0.05, 0.1) is 17.9 Å². The molecule has 0 saturated carbocycles. The number of nitroso groups, excluding NO2 is 1. The van der Waals surface area contributed by atoms with Gasteiger partial charge in [0.15, 0.2) is 0 Å². The number of allylic oxidation sites excluding steroid dienone is 2. The van der Waals surface area contributed by atoms with E-state index in [2.05, 4.69) is 15.4 Å². The summed E-state index contributed by atoms with van der Waals surface area (Å²) in [4.78, 5) is 13.1. The quantitative estimate of drug-likeness (QED) is 0.443. The molecule has 1 aromatic rings. The Labute approximate surface area is 146 Å². The molecular weight excluding hydrogens is 318 g/mol. The molecule has 130 valence electrons. The molecule has 2 atom stereocenters. The standard InChI is InChI=1S/C18H21N5O2/c19-14-2-1-12(22-24)10-13(14)18(20)11-3-6-21-17(9-11)23-7-4-16-15(23)5-8-25-16/h1-3,9-10,15-16,20-21H,4-8,19H2. The van der Waals surface area contributed by atoms with Crippen molar-refractivity contribution in [3.63, 3.8) is 0 Å². The summed E-state index contributed by atoms with van der Waals surface area (Å²) in [5.74, 6) is 1.03. The van der Waals surface area contributed by atoms with Gasteiger partial charge in [0, 0.05) is 36.5 Å². The van der Waals surface area contributed by atoms with Crippen molar-refractivity contribution in [3.8, 4) is 0 Å². The van der Waals surface area contributed by atoms with Gasteiger partial charge in [0.25, 0.3) is 0 Å². The number of ether oxygens (including phenoxy) is 1. The van der Waals surface area contributed by atoms with Crippen molar-refractivity contribution >= 4 is 17.1 Å². The minimum Gasteiger partial charge on any atom is -0.398 e. The Kier molecular flexibility index (Phi) is 4.01. The zero-order valence-electron chi connectivity index (χ0n) is 13.9. The maximum atomic E-state index is 10.8. The van der Waals surface area contributed by atoms with Crippen LogP contribution in [0.3, 0.4) is 0 Å². The first kappa shape index (κ1) is 15.8. The molecule has 7 nitrogen and oxygen atoms in total. The summed E-state index contributed by atoms with van der Waals surface area (Å²) < 4.78 is 5.77. The number of nitrogens with two attached hydrogens (primary N) is 1. The molecule has 7 heteroatoms. The second-order valence-corrected chi connectivity index (χ2v) is 6.56. The maximum absolute atomic E-state index is 10.8. The fourth-order valence-corrected chi connectivity index (χ4v) is 3.86. The van der Waals surface area contributed by atoms with Crippen molar-refractivity contribution in [3.05, 3.63) is 52.2 Å². The molecule has 1 aromatic carbocycles. The summed E-state index contributed by atoms with van der Waals surface area (Å²) >= 11 is 0. The molecule has 0 spiro atoms. The summed E-state index contributed by atoms with van der Waals surface area (Å²) in [7, 11) is 0. The first-order valence-electron chi connectivity index (χ1n) is 8.53. The summed E-state index contributed by atoms with van der Waals surface area (Å²) in [5.41, 5.74) is 8.38. The summed E-state index contributed by atoms with van der Waals surface area (Å²) in [6.45, 7) is 2.44. The highest BCUT2D eigenvalue weighted by Gasteiger charge is 2.39. The molecule has 3 aliphatic rings. The number of dihydropyridines is 1. The minimum atomic E-state index is 0.276. The van der Waals surface area contributed by atoms with E-state index in [1.165, 1.54) is 0 Å². The first-order chi connectivity index (χ1) is 12.2. The largest absolute Gasteiger partial charge is 0.398 e. The first-order valence-corrected chi connectivity index (χ1v) is 8.53. The van der Waals surface area contributed by atoms with Gasteiger partial charge in [0.2, 0.25) is 0 Å². The molecule has 0 radical (unpaired) electrons. The second-order valence-electron chi connectivity index (χ2n) is 6.56. The Hall–Kier alpha value is -2.67. The van der Waals surface area contributed by atoms with Crippen molar-refractivity contribution in [2.24, 2.45) is 5.18 Å². The van der Waals surface area contributed by atoms with E-state index in [-0.39, 0.29) is 5.69 Å². The summed E-state index contributed by atoms with van der Waals surface area (Å²) in [6.07, 6.45) is 6.36. The Balaban J connectivity index is 1.60. The van der Waals surface area contributed by atoms with E-state index in [0.29, 0.717) is 35.7 Å².